The van der Waals surface area contributed by atoms with Gasteiger partial charge in [0.2, 0.25) is 0 Å². The molecule has 0 amide bonds. The van der Waals surface area contributed by atoms with Crippen LogP contribution in [0.3, 0.4) is 0 Å². The van der Waals surface area contributed by atoms with E-state index in [1.165, 1.54) is 0 Å². The zero-order chi connectivity index (χ0) is 9.19. The molecule has 0 aromatic heterocycles. The van der Waals surface area contributed by atoms with Crippen LogP contribution in [0.1, 0.15) is 27.7 Å². The van der Waals surface area contributed by atoms with E-state index < -0.39 is 0 Å². The molecule has 1 aliphatic carbocycles. The highest BCUT2D eigenvalue weighted by molar-refractivity contribution is 5.28. The Kier molecular flexibility index (Phi) is 2.73. The topological polar surface area (TPSA) is 9.23 Å². The van der Waals surface area contributed by atoms with Gasteiger partial charge in [0.25, 0.3) is 0 Å². The van der Waals surface area contributed by atoms with Crippen LogP contribution < -0.4 is 0 Å². The molecule has 0 aromatic carbocycles. The molecule has 1 aliphatic rings. The van der Waals surface area contributed by atoms with Gasteiger partial charge in [-0.15, -0.1) is 0 Å². The molecule has 0 bridgehead atoms. The van der Waals surface area contributed by atoms with Crippen molar-refractivity contribution >= 4 is 0 Å². The first-order chi connectivity index (χ1) is 5.57. The maximum atomic E-state index is 5.89. The number of ether oxygens (including phenoxy) is 1. The summed E-state index contributed by atoms with van der Waals surface area (Å²) in [6.45, 7) is 8.51. The van der Waals surface area contributed by atoms with E-state index in [1.54, 1.807) is 0 Å². The highest BCUT2D eigenvalue weighted by Crippen LogP contribution is 2.30. The molecule has 0 spiro atoms. The second-order valence-corrected chi connectivity index (χ2v) is 3.89. The first kappa shape index (κ1) is 9.53. The van der Waals surface area contributed by atoms with Gasteiger partial charge in [0, 0.05) is 0 Å². The predicted molar refractivity (Wildman–Crippen MR) is 52.1 cm³/mol. The monoisotopic (exact) mass is 166 g/mol. The summed E-state index contributed by atoms with van der Waals surface area (Å²) in [7, 11) is 0. The molecule has 0 heterocycles. The molecule has 0 aromatic rings. The molecule has 0 fully saturated rings. The van der Waals surface area contributed by atoms with Crippen molar-refractivity contribution in [2.24, 2.45) is 5.92 Å². The van der Waals surface area contributed by atoms with Crippen molar-refractivity contribution in [2.45, 2.75) is 39.4 Å². The quantitative estimate of drug-likeness (QED) is 0.626. The van der Waals surface area contributed by atoms with E-state index >= 15 is 0 Å². The minimum Gasteiger partial charge on any atom is -0.364 e. The summed E-state index contributed by atoms with van der Waals surface area (Å²) in [6, 6.07) is 0. The second kappa shape index (κ2) is 3.44. The largest absolute Gasteiger partial charge is 0.364 e. The van der Waals surface area contributed by atoms with Crippen LogP contribution >= 0.6 is 0 Å². The summed E-state index contributed by atoms with van der Waals surface area (Å²) in [6.07, 6.45) is 8.67. The fraction of sp³-hybridized carbons (Fsp3) is 0.636. The van der Waals surface area contributed by atoms with E-state index in [0.717, 1.165) is 0 Å². The number of hydrogen-bond donors (Lipinski definition) is 0. The highest BCUT2D eigenvalue weighted by atomic mass is 16.5. The summed E-state index contributed by atoms with van der Waals surface area (Å²) in [5, 5.41) is 0. The molecule has 0 saturated carbocycles. The van der Waals surface area contributed by atoms with E-state index in [2.05, 4.69) is 52.0 Å². The van der Waals surface area contributed by atoms with Crippen LogP contribution in [0.25, 0.3) is 0 Å². The Balaban J connectivity index is 2.74. The molecule has 68 valence electrons. The Morgan fingerprint density at radius 3 is 1.83 bits per heavy atom. The Labute approximate surface area is 75.1 Å². The molecule has 0 saturated heterocycles. The van der Waals surface area contributed by atoms with E-state index in [1.807, 2.05) is 0 Å². The first-order valence-corrected chi connectivity index (χ1v) is 4.62. The molecule has 0 atom stereocenters. The van der Waals surface area contributed by atoms with Gasteiger partial charge in [-0.1, -0.05) is 26.0 Å². The Morgan fingerprint density at radius 2 is 1.50 bits per heavy atom. The normalized spacial score (nSPS) is 19.8. The lowest BCUT2D eigenvalue weighted by Crippen LogP contribution is -2.35. The van der Waals surface area contributed by atoms with Crippen LogP contribution in [0, 0.1) is 5.92 Å². The van der Waals surface area contributed by atoms with Crippen LogP contribution in [0.4, 0.5) is 0 Å². The highest BCUT2D eigenvalue weighted by Gasteiger charge is 2.31. The van der Waals surface area contributed by atoms with Gasteiger partial charge in [-0.2, -0.15) is 0 Å². The lowest BCUT2D eigenvalue weighted by molar-refractivity contribution is -0.0414. The van der Waals surface area contributed by atoms with Crippen molar-refractivity contribution in [1.82, 2.24) is 0 Å². The first-order valence-electron chi connectivity index (χ1n) is 4.62. The molecule has 0 radical (unpaired) electrons. The van der Waals surface area contributed by atoms with Crippen LogP contribution in [0.5, 0.6) is 0 Å². The Hall–Kier alpha value is -0.560. The van der Waals surface area contributed by atoms with E-state index in [-0.39, 0.29) is 11.7 Å². The van der Waals surface area contributed by atoms with Gasteiger partial charge in [0.1, 0.15) is 5.60 Å². The van der Waals surface area contributed by atoms with Crippen LogP contribution in [0.2, 0.25) is 0 Å². The maximum absolute atomic E-state index is 5.89. The van der Waals surface area contributed by atoms with E-state index in [9.17, 15) is 0 Å². The molecule has 0 unspecified atom stereocenters. The van der Waals surface area contributed by atoms with Gasteiger partial charge in [-0.05, 0) is 31.9 Å². The Bertz CT molecular complexity index is 187. The Morgan fingerprint density at radius 1 is 1.00 bits per heavy atom. The fourth-order valence-electron chi connectivity index (χ4n) is 1.48. The number of hydrogen-bond acceptors (Lipinski definition) is 1. The summed E-state index contributed by atoms with van der Waals surface area (Å²) in [4.78, 5) is 0. The van der Waals surface area contributed by atoms with Gasteiger partial charge in [0.05, 0.1) is 6.10 Å². The molecular formula is C11H18O. The van der Waals surface area contributed by atoms with Crippen molar-refractivity contribution in [3.8, 4) is 0 Å². The molecule has 1 heteroatoms. The number of allylic oxidation sites excluding steroid dienone is 2. The van der Waals surface area contributed by atoms with E-state index in [0.29, 0.717) is 5.92 Å². The average Bonchev–Trinajstić information content (AvgIpc) is 2.35. The third-order valence-electron chi connectivity index (χ3n) is 2.17. The van der Waals surface area contributed by atoms with Crippen molar-refractivity contribution in [3.63, 3.8) is 0 Å². The van der Waals surface area contributed by atoms with E-state index in [4.69, 9.17) is 4.74 Å². The van der Waals surface area contributed by atoms with Crippen molar-refractivity contribution < 1.29 is 4.74 Å². The zero-order valence-electron chi connectivity index (χ0n) is 8.37. The minimum atomic E-state index is -0.145. The third kappa shape index (κ3) is 1.78. The smallest absolute Gasteiger partial charge is 0.108 e. The number of rotatable bonds is 3. The summed E-state index contributed by atoms with van der Waals surface area (Å²) >= 11 is 0. The summed E-state index contributed by atoms with van der Waals surface area (Å²) in [5.74, 6) is 0.495. The molecule has 1 rings (SSSR count). The molecule has 12 heavy (non-hydrogen) atoms. The lowest BCUT2D eigenvalue weighted by Gasteiger charge is -2.32. The van der Waals surface area contributed by atoms with Gasteiger partial charge in [0.15, 0.2) is 0 Å². The maximum Gasteiger partial charge on any atom is 0.108 e. The molecular weight excluding hydrogens is 148 g/mol. The van der Waals surface area contributed by atoms with Crippen LogP contribution in [-0.4, -0.2) is 11.7 Å². The predicted octanol–water partition coefficient (Wildman–Crippen LogP) is 2.93. The second-order valence-electron chi connectivity index (χ2n) is 3.89. The van der Waals surface area contributed by atoms with Crippen molar-refractivity contribution in [3.05, 3.63) is 24.3 Å². The molecule has 0 N–H and O–H groups in total. The van der Waals surface area contributed by atoms with Crippen LogP contribution in [-0.2, 0) is 4.74 Å². The molecule has 1 nitrogen and oxygen atoms in total. The van der Waals surface area contributed by atoms with Crippen LogP contribution in [0.15, 0.2) is 24.3 Å². The standard InChI is InChI=1S/C11H18O/c1-9(2)11(12-10(3)4)7-5-6-8-11/h5-10H,1-4H3. The lowest BCUT2D eigenvalue weighted by atomic mass is 9.91. The van der Waals surface area contributed by atoms with Crippen molar-refractivity contribution in [2.75, 3.05) is 0 Å². The fourth-order valence-corrected chi connectivity index (χ4v) is 1.48. The van der Waals surface area contributed by atoms with Gasteiger partial charge in [-0.25, -0.2) is 0 Å². The van der Waals surface area contributed by atoms with Gasteiger partial charge < -0.3 is 4.74 Å². The van der Waals surface area contributed by atoms with Gasteiger partial charge in [-0.3, -0.25) is 0 Å². The van der Waals surface area contributed by atoms with Crippen molar-refractivity contribution in [1.29, 1.82) is 0 Å². The van der Waals surface area contributed by atoms with Gasteiger partial charge >= 0.3 is 0 Å². The zero-order valence-corrected chi connectivity index (χ0v) is 8.37. The summed E-state index contributed by atoms with van der Waals surface area (Å²) in [5.41, 5.74) is -0.145. The minimum absolute atomic E-state index is 0.145. The summed E-state index contributed by atoms with van der Waals surface area (Å²) < 4.78 is 5.89. The SMILES string of the molecule is CC(C)OC1(C(C)C)C=CC=C1. The average molecular weight is 166 g/mol. The third-order valence-corrected chi connectivity index (χ3v) is 2.17. The molecule has 0 aliphatic heterocycles.